The van der Waals surface area contributed by atoms with Crippen molar-refractivity contribution < 1.29 is 17.7 Å². The number of aromatic nitrogens is 2. The number of anilines is 1. The molecular weight excluding hydrogens is 259 g/mol. The van der Waals surface area contributed by atoms with Gasteiger partial charge in [0, 0.05) is 17.8 Å². The largest absolute Gasteiger partial charge is 0.455 e. The maximum absolute atomic E-state index is 12.5. The van der Waals surface area contributed by atoms with E-state index in [0.29, 0.717) is 5.56 Å². The minimum absolute atomic E-state index is 0.0899. The van der Waals surface area contributed by atoms with E-state index in [1.165, 1.54) is 0 Å². The average molecular weight is 269 g/mol. The van der Waals surface area contributed by atoms with Crippen LogP contribution in [0.5, 0.6) is 0 Å². The van der Waals surface area contributed by atoms with Crippen LogP contribution in [0, 0.1) is 0 Å². The Morgan fingerprint density at radius 1 is 1.26 bits per heavy atom. The summed E-state index contributed by atoms with van der Waals surface area (Å²) in [5.74, 6) is -1.34. The molecule has 0 aliphatic carbocycles. The summed E-state index contributed by atoms with van der Waals surface area (Å²) in [6, 6.07) is 5.34. The number of hydrogen-bond donors (Lipinski definition) is 1. The summed E-state index contributed by atoms with van der Waals surface area (Å²) in [6.07, 6.45) is -2.89. The number of alkyl halides is 3. The molecule has 1 aromatic heterocycles. The van der Waals surface area contributed by atoms with E-state index in [9.17, 15) is 13.2 Å². The van der Waals surface area contributed by atoms with Crippen LogP contribution in [0.25, 0.3) is 11.5 Å². The molecule has 0 saturated heterocycles. The monoisotopic (exact) mass is 269 g/mol. The van der Waals surface area contributed by atoms with Crippen molar-refractivity contribution in [1.29, 1.82) is 0 Å². The molecule has 4 nitrogen and oxygen atoms in total. The lowest BCUT2D eigenvalue weighted by molar-refractivity contribution is -0.146. The van der Waals surface area contributed by atoms with Gasteiger partial charge in [0.25, 0.3) is 11.7 Å². The zero-order valence-corrected chi connectivity index (χ0v) is 9.79. The number of hydrogen-bond acceptors (Lipinski definition) is 4. The Morgan fingerprint density at radius 2 is 2.11 bits per heavy atom. The smallest absolute Gasteiger partial charge is 0.385 e. The number of benzene rings is 1. The van der Waals surface area contributed by atoms with Gasteiger partial charge in [-0.1, -0.05) is 11.2 Å². The minimum atomic E-state index is -4.59. The molecule has 1 aliphatic heterocycles. The van der Waals surface area contributed by atoms with E-state index in [0.717, 1.165) is 30.6 Å². The number of nitrogens with one attached hydrogen (secondary N) is 1. The van der Waals surface area contributed by atoms with Gasteiger partial charge < -0.3 is 9.84 Å². The Labute approximate surface area is 106 Å². The van der Waals surface area contributed by atoms with E-state index in [-0.39, 0.29) is 5.89 Å². The molecule has 0 radical (unpaired) electrons. The molecule has 0 amide bonds. The second-order valence-electron chi connectivity index (χ2n) is 4.28. The molecule has 0 saturated carbocycles. The molecule has 0 spiro atoms. The van der Waals surface area contributed by atoms with Crippen LogP contribution in [0.15, 0.2) is 22.7 Å². The molecule has 0 unspecified atom stereocenters. The van der Waals surface area contributed by atoms with E-state index in [1.54, 1.807) is 12.1 Å². The molecule has 7 heteroatoms. The van der Waals surface area contributed by atoms with Crippen LogP contribution in [0.1, 0.15) is 17.8 Å². The minimum Gasteiger partial charge on any atom is -0.385 e. The Morgan fingerprint density at radius 3 is 2.84 bits per heavy atom. The summed E-state index contributed by atoms with van der Waals surface area (Å²) >= 11 is 0. The second-order valence-corrected chi connectivity index (χ2v) is 4.28. The van der Waals surface area contributed by atoms with Gasteiger partial charge in [0.15, 0.2) is 0 Å². The van der Waals surface area contributed by atoms with E-state index >= 15 is 0 Å². The summed E-state index contributed by atoms with van der Waals surface area (Å²) in [5, 5.41) is 6.18. The summed E-state index contributed by atoms with van der Waals surface area (Å²) in [6.45, 7) is 0.855. The van der Waals surface area contributed by atoms with Crippen molar-refractivity contribution in [2.75, 3.05) is 11.9 Å². The van der Waals surface area contributed by atoms with Crippen molar-refractivity contribution in [3.05, 3.63) is 29.6 Å². The van der Waals surface area contributed by atoms with Crippen molar-refractivity contribution in [1.82, 2.24) is 10.1 Å². The fourth-order valence-electron chi connectivity index (χ4n) is 2.16. The van der Waals surface area contributed by atoms with Crippen LogP contribution < -0.4 is 5.32 Å². The highest BCUT2D eigenvalue weighted by atomic mass is 19.4. The predicted octanol–water partition coefficient (Wildman–Crippen LogP) is 3.11. The molecule has 3 rings (SSSR count). The van der Waals surface area contributed by atoms with Gasteiger partial charge in [0.05, 0.1) is 0 Å². The molecule has 2 aromatic rings. The molecule has 1 N–H and O–H groups in total. The maximum Gasteiger partial charge on any atom is 0.455 e. The number of rotatable bonds is 1. The third kappa shape index (κ3) is 2.16. The highest BCUT2D eigenvalue weighted by Crippen LogP contribution is 2.33. The van der Waals surface area contributed by atoms with Crippen molar-refractivity contribution in [3.8, 4) is 11.5 Å². The van der Waals surface area contributed by atoms with Gasteiger partial charge in [-0.2, -0.15) is 18.2 Å². The Bertz CT molecular complexity index is 607. The first-order chi connectivity index (χ1) is 9.05. The van der Waals surface area contributed by atoms with Crippen LogP contribution in [0.3, 0.4) is 0 Å². The molecule has 19 heavy (non-hydrogen) atoms. The van der Waals surface area contributed by atoms with E-state index in [1.807, 2.05) is 6.07 Å². The van der Waals surface area contributed by atoms with Gasteiger partial charge in [0.1, 0.15) is 0 Å². The molecule has 100 valence electrons. The van der Waals surface area contributed by atoms with Crippen LogP contribution >= 0.6 is 0 Å². The maximum atomic E-state index is 12.5. The topological polar surface area (TPSA) is 51.0 Å². The Kier molecular flexibility index (Phi) is 2.69. The molecule has 1 aliphatic rings. The standard InChI is InChI=1S/C12H10F3N3O/c13-12(14,15)11-17-10(19-18-11)8-3-1-5-9-7(8)4-2-6-16-9/h1,3,5,16H,2,4,6H2. The van der Waals surface area contributed by atoms with Gasteiger partial charge in [-0.05, 0) is 30.5 Å². The third-order valence-electron chi connectivity index (χ3n) is 3.01. The van der Waals surface area contributed by atoms with Crippen molar-refractivity contribution in [2.24, 2.45) is 0 Å². The number of fused-ring (bicyclic) bond motifs is 1. The van der Waals surface area contributed by atoms with Crippen molar-refractivity contribution >= 4 is 5.69 Å². The zero-order chi connectivity index (χ0) is 13.5. The molecule has 1 aromatic carbocycles. The van der Waals surface area contributed by atoms with Crippen LogP contribution in [-0.4, -0.2) is 16.7 Å². The summed E-state index contributed by atoms with van der Waals surface area (Å²) < 4.78 is 42.1. The van der Waals surface area contributed by atoms with Gasteiger partial charge in [-0.25, -0.2) is 0 Å². The average Bonchev–Trinajstić information content (AvgIpc) is 2.87. The number of nitrogens with zero attached hydrogens (tertiary/aromatic N) is 2. The summed E-state index contributed by atoms with van der Waals surface area (Å²) in [5.41, 5.74) is 2.40. The summed E-state index contributed by atoms with van der Waals surface area (Å²) in [4.78, 5) is 3.43. The van der Waals surface area contributed by atoms with Gasteiger partial charge in [0.2, 0.25) is 0 Å². The van der Waals surface area contributed by atoms with Crippen LogP contribution in [-0.2, 0) is 12.6 Å². The first-order valence-corrected chi connectivity index (χ1v) is 5.83. The van der Waals surface area contributed by atoms with Crippen LogP contribution in [0.2, 0.25) is 0 Å². The van der Waals surface area contributed by atoms with Crippen molar-refractivity contribution in [2.45, 2.75) is 19.0 Å². The molecule has 0 bridgehead atoms. The first kappa shape index (κ1) is 12.0. The molecule has 0 fully saturated rings. The first-order valence-electron chi connectivity index (χ1n) is 5.83. The Balaban J connectivity index is 2.05. The SMILES string of the molecule is FC(F)(F)c1noc(-c2cccc3c2CCCN3)n1. The fraction of sp³-hybridized carbons (Fsp3) is 0.333. The van der Waals surface area contributed by atoms with Gasteiger partial charge >= 0.3 is 6.18 Å². The summed E-state index contributed by atoms with van der Waals surface area (Å²) in [7, 11) is 0. The lowest BCUT2D eigenvalue weighted by Gasteiger charge is -2.19. The van der Waals surface area contributed by atoms with Crippen molar-refractivity contribution in [3.63, 3.8) is 0 Å². The highest BCUT2D eigenvalue weighted by Gasteiger charge is 2.37. The van der Waals surface area contributed by atoms with Gasteiger partial charge in [-0.3, -0.25) is 0 Å². The normalized spacial score (nSPS) is 14.9. The lowest BCUT2D eigenvalue weighted by Crippen LogP contribution is -2.12. The second kappa shape index (κ2) is 4.25. The molecule has 2 heterocycles. The molecular formula is C12H10F3N3O. The highest BCUT2D eigenvalue weighted by molar-refractivity contribution is 5.69. The van der Waals surface area contributed by atoms with Gasteiger partial charge in [-0.15, -0.1) is 0 Å². The van der Waals surface area contributed by atoms with E-state index in [4.69, 9.17) is 4.52 Å². The predicted molar refractivity (Wildman–Crippen MR) is 61.5 cm³/mol. The van der Waals surface area contributed by atoms with Crippen LogP contribution in [0.4, 0.5) is 18.9 Å². The third-order valence-corrected chi connectivity index (χ3v) is 3.01. The van der Waals surface area contributed by atoms with E-state index < -0.39 is 12.0 Å². The molecule has 0 atom stereocenters. The van der Waals surface area contributed by atoms with E-state index in [2.05, 4.69) is 15.5 Å². The zero-order valence-electron chi connectivity index (χ0n) is 9.79. The lowest BCUT2D eigenvalue weighted by atomic mass is 9.97. The number of halogens is 3. The quantitative estimate of drug-likeness (QED) is 0.864. The fourth-order valence-corrected chi connectivity index (χ4v) is 2.16. The Hall–Kier alpha value is -2.05.